The summed E-state index contributed by atoms with van der Waals surface area (Å²) in [6, 6.07) is 8.93. The van der Waals surface area contributed by atoms with Gasteiger partial charge in [0.05, 0.1) is 5.69 Å². The maximum absolute atomic E-state index is 4.51. The Labute approximate surface area is 163 Å². The van der Waals surface area contributed by atoms with E-state index in [1.165, 1.54) is 22.4 Å². The van der Waals surface area contributed by atoms with Crippen LogP contribution in [0.5, 0.6) is 0 Å². The summed E-state index contributed by atoms with van der Waals surface area (Å²) in [4.78, 5) is 6.55. The third-order valence-corrected chi connectivity index (χ3v) is 4.73. The van der Waals surface area contributed by atoms with E-state index in [0.29, 0.717) is 0 Å². The summed E-state index contributed by atoms with van der Waals surface area (Å²) in [5.41, 5.74) is 6.21. The van der Waals surface area contributed by atoms with Crippen molar-refractivity contribution in [3.05, 3.63) is 52.3 Å². The van der Waals surface area contributed by atoms with Crippen molar-refractivity contribution >= 4 is 5.96 Å². The van der Waals surface area contributed by atoms with Crippen LogP contribution in [0.25, 0.3) is 0 Å². The van der Waals surface area contributed by atoms with E-state index in [9.17, 15) is 0 Å². The van der Waals surface area contributed by atoms with Gasteiger partial charge in [-0.1, -0.05) is 24.3 Å². The number of aryl methyl sites for hydroxylation is 2. The smallest absolute Gasteiger partial charge is 0.191 e. The number of aliphatic imine (C=N–C) groups is 1. The van der Waals surface area contributed by atoms with Crippen molar-refractivity contribution in [2.45, 2.75) is 46.3 Å². The molecular formula is C21H34N6. The molecule has 0 bridgehead atoms. The van der Waals surface area contributed by atoms with Crippen LogP contribution >= 0.6 is 0 Å². The summed E-state index contributed by atoms with van der Waals surface area (Å²) in [6.07, 6.45) is 0.921. The van der Waals surface area contributed by atoms with Crippen LogP contribution in [0.3, 0.4) is 0 Å². The van der Waals surface area contributed by atoms with Crippen LogP contribution in [-0.4, -0.2) is 47.8 Å². The van der Waals surface area contributed by atoms with Gasteiger partial charge in [-0.3, -0.25) is 9.67 Å². The number of rotatable bonds is 7. The second-order valence-electron chi connectivity index (χ2n) is 7.51. The molecule has 2 N–H and O–H groups in total. The van der Waals surface area contributed by atoms with Gasteiger partial charge in [0.2, 0.25) is 0 Å². The van der Waals surface area contributed by atoms with Crippen LogP contribution in [0.2, 0.25) is 0 Å². The number of hydrogen-bond acceptors (Lipinski definition) is 3. The van der Waals surface area contributed by atoms with Gasteiger partial charge in [0.15, 0.2) is 5.96 Å². The van der Waals surface area contributed by atoms with Crippen molar-refractivity contribution in [2.24, 2.45) is 12.0 Å². The van der Waals surface area contributed by atoms with Crippen molar-refractivity contribution in [2.75, 3.05) is 21.1 Å². The van der Waals surface area contributed by atoms with Crippen LogP contribution in [0.1, 0.15) is 35.0 Å². The van der Waals surface area contributed by atoms with Crippen molar-refractivity contribution in [3.8, 4) is 0 Å². The molecule has 0 spiro atoms. The normalized spacial score (nSPS) is 13.1. The Morgan fingerprint density at radius 3 is 2.56 bits per heavy atom. The molecule has 2 rings (SSSR count). The fourth-order valence-corrected chi connectivity index (χ4v) is 3.29. The second-order valence-corrected chi connectivity index (χ2v) is 7.51. The van der Waals surface area contributed by atoms with Gasteiger partial charge in [0.1, 0.15) is 0 Å². The van der Waals surface area contributed by atoms with Crippen molar-refractivity contribution < 1.29 is 0 Å². The summed E-state index contributed by atoms with van der Waals surface area (Å²) in [5.74, 6) is 0.819. The molecule has 1 aromatic heterocycles. The Bertz CT molecular complexity index is 775. The fraction of sp³-hybridized carbons (Fsp3) is 0.524. The first-order valence-electron chi connectivity index (χ1n) is 9.49. The van der Waals surface area contributed by atoms with E-state index in [0.717, 1.165) is 31.2 Å². The minimum Gasteiger partial charge on any atom is -0.354 e. The largest absolute Gasteiger partial charge is 0.354 e. The highest BCUT2D eigenvalue weighted by atomic mass is 15.3. The summed E-state index contributed by atoms with van der Waals surface area (Å²) in [7, 11) is 7.98. The SMILES string of the molecule is CN=C(NCc1cccc(CN(C)C)c1)NC(C)Cc1c(C)nn(C)c1C. The van der Waals surface area contributed by atoms with E-state index in [4.69, 9.17) is 0 Å². The van der Waals surface area contributed by atoms with Crippen molar-refractivity contribution in [1.82, 2.24) is 25.3 Å². The molecular weight excluding hydrogens is 336 g/mol. The summed E-state index contributed by atoms with van der Waals surface area (Å²) in [5, 5.41) is 11.4. The molecule has 6 heteroatoms. The van der Waals surface area contributed by atoms with Gasteiger partial charge in [-0.05, 0) is 58.0 Å². The highest BCUT2D eigenvalue weighted by Crippen LogP contribution is 2.14. The van der Waals surface area contributed by atoms with E-state index >= 15 is 0 Å². The third-order valence-electron chi connectivity index (χ3n) is 4.73. The van der Waals surface area contributed by atoms with Gasteiger partial charge < -0.3 is 15.5 Å². The van der Waals surface area contributed by atoms with Gasteiger partial charge >= 0.3 is 0 Å². The quantitative estimate of drug-likeness (QED) is 0.580. The molecule has 2 aromatic rings. The summed E-state index contributed by atoms with van der Waals surface area (Å²) >= 11 is 0. The summed E-state index contributed by atoms with van der Waals surface area (Å²) < 4.78 is 1.95. The lowest BCUT2D eigenvalue weighted by Crippen LogP contribution is -2.42. The molecule has 6 nitrogen and oxygen atoms in total. The molecule has 1 unspecified atom stereocenters. The number of benzene rings is 1. The first-order chi connectivity index (χ1) is 12.8. The monoisotopic (exact) mass is 370 g/mol. The van der Waals surface area contributed by atoms with E-state index in [1.54, 1.807) is 0 Å². The Balaban J connectivity index is 1.92. The Kier molecular flexibility index (Phi) is 7.42. The molecule has 0 radical (unpaired) electrons. The number of hydrogen-bond donors (Lipinski definition) is 2. The first kappa shape index (κ1) is 21.0. The molecule has 27 heavy (non-hydrogen) atoms. The molecule has 148 valence electrons. The average Bonchev–Trinajstić information content (AvgIpc) is 2.84. The summed E-state index contributed by atoms with van der Waals surface area (Å²) in [6.45, 7) is 8.06. The highest BCUT2D eigenvalue weighted by molar-refractivity contribution is 5.79. The predicted molar refractivity (Wildman–Crippen MR) is 113 cm³/mol. The third kappa shape index (κ3) is 6.10. The number of aromatic nitrogens is 2. The van der Waals surface area contributed by atoms with Gasteiger partial charge in [-0.15, -0.1) is 0 Å². The van der Waals surface area contributed by atoms with E-state index in [1.807, 2.05) is 18.8 Å². The van der Waals surface area contributed by atoms with Gasteiger partial charge in [-0.25, -0.2) is 0 Å². The van der Waals surface area contributed by atoms with Crippen LogP contribution in [0.4, 0.5) is 0 Å². The molecule has 0 aliphatic heterocycles. The molecule has 0 saturated carbocycles. The molecule has 1 heterocycles. The van der Waals surface area contributed by atoms with Crippen molar-refractivity contribution in [3.63, 3.8) is 0 Å². The lowest BCUT2D eigenvalue weighted by Gasteiger charge is -2.18. The van der Waals surface area contributed by atoms with Gasteiger partial charge in [0.25, 0.3) is 0 Å². The minimum atomic E-state index is 0.262. The number of guanidine groups is 1. The van der Waals surface area contributed by atoms with Crippen LogP contribution < -0.4 is 10.6 Å². The Hall–Kier alpha value is -2.34. The second kappa shape index (κ2) is 9.55. The number of nitrogens with zero attached hydrogens (tertiary/aromatic N) is 4. The van der Waals surface area contributed by atoms with Gasteiger partial charge in [-0.2, -0.15) is 5.10 Å². The fourth-order valence-electron chi connectivity index (χ4n) is 3.29. The van der Waals surface area contributed by atoms with E-state index < -0.39 is 0 Å². The molecule has 1 atom stereocenters. The predicted octanol–water partition coefficient (Wildman–Crippen LogP) is 2.39. The highest BCUT2D eigenvalue weighted by Gasteiger charge is 2.14. The lowest BCUT2D eigenvalue weighted by molar-refractivity contribution is 0.402. The minimum absolute atomic E-state index is 0.262. The maximum Gasteiger partial charge on any atom is 0.191 e. The Morgan fingerprint density at radius 2 is 1.96 bits per heavy atom. The zero-order valence-electron chi connectivity index (χ0n) is 17.8. The molecule has 0 aliphatic carbocycles. The van der Waals surface area contributed by atoms with Crippen molar-refractivity contribution in [1.29, 1.82) is 0 Å². The zero-order chi connectivity index (χ0) is 20.0. The standard InChI is InChI=1S/C21H34N6/c1-15(11-20-16(2)25-27(7)17(20)3)24-21(22-4)23-13-18-9-8-10-19(12-18)14-26(5)6/h8-10,12,15H,11,13-14H2,1-7H3,(H2,22,23,24). The average molecular weight is 371 g/mol. The number of nitrogens with one attached hydrogen (secondary N) is 2. The van der Waals surface area contributed by atoms with E-state index in [-0.39, 0.29) is 6.04 Å². The first-order valence-corrected chi connectivity index (χ1v) is 9.49. The Morgan fingerprint density at radius 1 is 1.26 bits per heavy atom. The zero-order valence-corrected chi connectivity index (χ0v) is 17.8. The van der Waals surface area contributed by atoms with Gasteiger partial charge in [0, 0.05) is 38.9 Å². The maximum atomic E-state index is 4.51. The molecule has 0 fully saturated rings. The molecule has 0 amide bonds. The van der Waals surface area contributed by atoms with Crippen LogP contribution in [0, 0.1) is 13.8 Å². The van der Waals surface area contributed by atoms with E-state index in [2.05, 4.69) is 84.8 Å². The van der Waals surface area contributed by atoms with Crippen LogP contribution in [-0.2, 0) is 26.6 Å². The van der Waals surface area contributed by atoms with Crippen LogP contribution in [0.15, 0.2) is 29.3 Å². The topological polar surface area (TPSA) is 57.5 Å². The molecule has 0 aliphatic rings. The molecule has 1 aromatic carbocycles. The molecule has 0 saturated heterocycles. The lowest BCUT2D eigenvalue weighted by atomic mass is 10.1.